The van der Waals surface area contributed by atoms with Crippen LogP contribution in [0.5, 0.6) is 0 Å². The van der Waals surface area contributed by atoms with Crippen molar-refractivity contribution < 1.29 is 38.9 Å². The van der Waals surface area contributed by atoms with Gasteiger partial charge < -0.3 is 29.3 Å². The summed E-state index contributed by atoms with van der Waals surface area (Å²) in [5, 5.41) is 35.3. The second kappa shape index (κ2) is 9.70. The largest absolute Gasteiger partial charge is 0.467 e. The quantitative estimate of drug-likeness (QED) is 0.379. The van der Waals surface area contributed by atoms with Gasteiger partial charge in [0.05, 0.1) is 42.6 Å². The summed E-state index contributed by atoms with van der Waals surface area (Å²) in [6.45, 7) is 2.21. The number of hydrogen-bond acceptors (Lipinski definition) is 9. The molecule has 0 radical (unpaired) electrons. The molecule has 2 saturated carbocycles. The molecule has 7 atom stereocenters. The maximum absolute atomic E-state index is 12.9. The Balaban J connectivity index is 1.38. The Morgan fingerprint density at radius 1 is 1.22 bits per heavy atom. The molecular formula is C22H30N2O8. The third-order valence-electron chi connectivity index (χ3n) is 6.77. The van der Waals surface area contributed by atoms with Crippen molar-refractivity contribution in [2.45, 2.75) is 51.1 Å². The summed E-state index contributed by atoms with van der Waals surface area (Å²) >= 11 is 0. The Kier molecular flexibility index (Phi) is 6.94. The highest BCUT2D eigenvalue weighted by atomic mass is 16.6. The summed E-state index contributed by atoms with van der Waals surface area (Å²) in [7, 11) is 0. The summed E-state index contributed by atoms with van der Waals surface area (Å²) in [4.78, 5) is 32.1. The van der Waals surface area contributed by atoms with Crippen LogP contribution < -0.4 is 0 Å². The van der Waals surface area contributed by atoms with E-state index in [4.69, 9.17) is 14.0 Å². The number of nitrogens with zero attached hydrogens (tertiary/aromatic N) is 2. The molecule has 2 heterocycles. The fourth-order valence-electron chi connectivity index (χ4n) is 5.30. The van der Waals surface area contributed by atoms with Crippen LogP contribution in [0.4, 0.5) is 0 Å². The second-order valence-corrected chi connectivity index (χ2v) is 8.70. The number of oxime groups is 1. The van der Waals surface area contributed by atoms with E-state index in [-0.39, 0.29) is 44.0 Å². The molecule has 3 N–H and O–H groups in total. The van der Waals surface area contributed by atoms with Crippen LogP contribution in [0, 0.1) is 23.7 Å². The van der Waals surface area contributed by atoms with Crippen LogP contribution >= 0.6 is 0 Å². The lowest BCUT2D eigenvalue weighted by molar-refractivity contribution is -0.141. The smallest absolute Gasteiger partial charge is 0.233 e. The van der Waals surface area contributed by atoms with Gasteiger partial charge in [0, 0.05) is 24.8 Å². The van der Waals surface area contributed by atoms with Crippen LogP contribution in [0.2, 0.25) is 0 Å². The van der Waals surface area contributed by atoms with Gasteiger partial charge in [-0.15, -0.1) is 0 Å². The van der Waals surface area contributed by atoms with Gasteiger partial charge >= 0.3 is 0 Å². The van der Waals surface area contributed by atoms with Gasteiger partial charge in [0.15, 0.2) is 0 Å². The Morgan fingerprint density at radius 3 is 2.72 bits per heavy atom. The molecule has 2 aliphatic carbocycles. The van der Waals surface area contributed by atoms with E-state index in [9.17, 15) is 24.9 Å². The average Bonchev–Trinajstić information content (AvgIpc) is 3.37. The van der Waals surface area contributed by atoms with Crippen molar-refractivity contribution in [3.63, 3.8) is 0 Å². The Hall–Kier alpha value is -2.27. The molecule has 0 aromatic carbocycles. The van der Waals surface area contributed by atoms with Gasteiger partial charge in [0.2, 0.25) is 11.8 Å². The lowest BCUT2D eigenvalue weighted by Crippen LogP contribution is -2.54. The minimum absolute atomic E-state index is 0.0339. The summed E-state index contributed by atoms with van der Waals surface area (Å²) in [5.41, 5.74) is 0.546. The van der Waals surface area contributed by atoms with Gasteiger partial charge in [-0.1, -0.05) is 5.16 Å². The van der Waals surface area contributed by atoms with E-state index in [1.54, 1.807) is 25.3 Å². The number of ether oxygens (including phenoxy) is 1. The third kappa shape index (κ3) is 4.32. The fourth-order valence-corrected chi connectivity index (χ4v) is 5.30. The molecule has 10 heteroatoms. The van der Waals surface area contributed by atoms with Gasteiger partial charge in [-0.2, -0.15) is 0 Å². The highest BCUT2D eigenvalue weighted by Gasteiger charge is 2.59. The highest BCUT2D eigenvalue weighted by Crippen LogP contribution is 2.49. The van der Waals surface area contributed by atoms with Crippen LogP contribution in [0.3, 0.4) is 0 Å². The number of rotatable bonds is 8. The zero-order valence-electron chi connectivity index (χ0n) is 18.0. The van der Waals surface area contributed by atoms with Gasteiger partial charge in [0.25, 0.3) is 0 Å². The minimum Gasteiger partial charge on any atom is -0.467 e. The number of amides is 2. The molecule has 0 spiro atoms. The number of fused-ring (bicyclic) bond motifs is 3. The van der Waals surface area contributed by atoms with E-state index in [1.807, 2.05) is 0 Å². The number of imide groups is 1. The second-order valence-electron chi connectivity index (χ2n) is 8.70. The minimum atomic E-state index is -1.11. The van der Waals surface area contributed by atoms with Crippen molar-refractivity contribution in [2.24, 2.45) is 28.8 Å². The van der Waals surface area contributed by atoms with Gasteiger partial charge in [0.1, 0.15) is 25.1 Å². The average molecular weight is 450 g/mol. The molecule has 2 amide bonds. The summed E-state index contributed by atoms with van der Waals surface area (Å²) in [5.74, 6) is -1.80. The van der Waals surface area contributed by atoms with Crippen molar-refractivity contribution in [3.05, 3.63) is 24.2 Å². The number of aliphatic hydroxyl groups excluding tert-OH is 3. The van der Waals surface area contributed by atoms with Crippen LogP contribution in [-0.4, -0.2) is 75.8 Å². The van der Waals surface area contributed by atoms with E-state index in [0.29, 0.717) is 30.9 Å². The molecule has 32 heavy (non-hydrogen) atoms. The monoisotopic (exact) mass is 450 g/mol. The van der Waals surface area contributed by atoms with E-state index in [2.05, 4.69) is 5.16 Å². The topological polar surface area (TPSA) is 142 Å². The number of carbonyl (C=O) groups is 2. The molecule has 1 aromatic heterocycles. The van der Waals surface area contributed by atoms with Gasteiger partial charge in [-0.25, -0.2) is 0 Å². The standard InChI is InChI=1S/C22H30N2O8/c1-2-24-21(28)15-6-5-14-16(8-17(26)20(27)18(14)19(15)22(24)29)23-32-10-12(25)9-30-11-13-4-3-7-31-13/h3-4,7,12,14-15,17-20,25-27H,2,5-6,8-11H2,1H3/b23-16+/t12-,14-,15+,17+,18-,19+,20+/m0/s1. The molecule has 4 rings (SSSR count). The Bertz CT molecular complexity index is 841. The predicted octanol–water partition coefficient (Wildman–Crippen LogP) is 0.303. The first-order valence-corrected chi connectivity index (χ1v) is 11.1. The molecule has 3 fully saturated rings. The van der Waals surface area contributed by atoms with Crippen LogP contribution in [0.1, 0.15) is 31.9 Å². The molecule has 0 unspecified atom stereocenters. The molecule has 0 bridgehead atoms. The van der Waals surface area contributed by atoms with Crippen LogP contribution in [0.15, 0.2) is 28.0 Å². The van der Waals surface area contributed by atoms with Gasteiger partial charge in [-0.3, -0.25) is 14.5 Å². The van der Waals surface area contributed by atoms with Crippen LogP contribution in [-0.2, 0) is 25.8 Å². The lowest BCUT2D eigenvalue weighted by atomic mass is 9.60. The summed E-state index contributed by atoms with van der Waals surface area (Å²) in [6.07, 6.45) is -0.365. The van der Waals surface area contributed by atoms with Crippen molar-refractivity contribution in [1.29, 1.82) is 0 Å². The van der Waals surface area contributed by atoms with E-state index in [1.165, 1.54) is 4.90 Å². The fraction of sp³-hybridized carbons (Fsp3) is 0.682. The first-order valence-electron chi connectivity index (χ1n) is 11.1. The van der Waals surface area contributed by atoms with Crippen molar-refractivity contribution >= 4 is 17.5 Å². The number of carbonyl (C=O) groups excluding carboxylic acids is 2. The van der Waals surface area contributed by atoms with Gasteiger partial charge in [-0.05, 0) is 31.9 Å². The molecule has 1 aliphatic heterocycles. The zero-order valence-corrected chi connectivity index (χ0v) is 18.0. The molecule has 10 nitrogen and oxygen atoms in total. The van der Waals surface area contributed by atoms with Crippen LogP contribution in [0.25, 0.3) is 0 Å². The first-order chi connectivity index (χ1) is 15.4. The number of likely N-dealkylation sites (tertiary alicyclic amines) is 1. The maximum Gasteiger partial charge on any atom is 0.233 e. The molecule has 1 aromatic rings. The first kappa shape index (κ1) is 22.9. The normalized spacial score (nSPS) is 34.5. The lowest BCUT2D eigenvalue weighted by Gasteiger charge is -2.45. The summed E-state index contributed by atoms with van der Waals surface area (Å²) in [6, 6.07) is 3.52. The van der Waals surface area contributed by atoms with E-state index < -0.39 is 36.1 Å². The van der Waals surface area contributed by atoms with E-state index in [0.717, 1.165) is 0 Å². The van der Waals surface area contributed by atoms with Crippen molar-refractivity contribution in [3.8, 4) is 0 Å². The molecule has 176 valence electrons. The zero-order chi connectivity index (χ0) is 22.8. The number of furan rings is 1. The number of hydrogen-bond donors (Lipinski definition) is 3. The molecular weight excluding hydrogens is 420 g/mol. The third-order valence-corrected chi connectivity index (χ3v) is 6.77. The SMILES string of the molecule is CCN1C(=O)[C@H]2[C@H]3[C@H](O)[C@H](O)C/C(=N\OC[C@@H](O)COCc4ccco4)[C@@H]3CC[C@H]2C1=O. The predicted molar refractivity (Wildman–Crippen MR) is 110 cm³/mol. The summed E-state index contributed by atoms with van der Waals surface area (Å²) < 4.78 is 10.5. The Morgan fingerprint density at radius 2 is 2.00 bits per heavy atom. The molecule has 1 saturated heterocycles. The van der Waals surface area contributed by atoms with Crippen molar-refractivity contribution in [1.82, 2.24) is 4.90 Å². The Labute approximate surface area is 185 Å². The highest BCUT2D eigenvalue weighted by molar-refractivity contribution is 6.06. The van der Waals surface area contributed by atoms with Crippen molar-refractivity contribution in [2.75, 3.05) is 19.8 Å². The molecule has 3 aliphatic rings. The van der Waals surface area contributed by atoms with E-state index >= 15 is 0 Å². The maximum atomic E-state index is 12.9. The number of aliphatic hydroxyl groups is 3.